The zero-order chi connectivity index (χ0) is 11.4. The third-order valence-electron chi connectivity index (χ3n) is 3.76. The molecule has 0 saturated carbocycles. The molecule has 2 aliphatic rings. The van der Waals surface area contributed by atoms with E-state index in [1.54, 1.807) is 0 Å². The van der Waals surface area contributed by atoms with Crippen LogP contribution in [0.3, 0.4) is 0 Å². The molecule has 0 aromatic carbocycles. The Kier molecular flexibility index (Phi) is 1.66. The lowest BCUT2D eigenvalue weighted by Gasteiger charge is -2.21. The van der Waals surface area contributed by atoms with Crippen LogP contribution in [0.15, 0.2) is 22.3 Å². The van der Waals surface area contributed by atoms with Gasteiger partial charge in [-0.25, -0.2) is 0 Å². The van der Waals surface area contributed by atoms with Crippen LogP contribution in [0.1, 0.15) is 27.7 Å². The maximum absolute atomic E-state index is 9.20. The lowest BCUT2D eigenvalue weighted by atomic mass is 9.74. The first-order valence-electron chi connectivity index (χ1n) is 4.86. The smallest absolute Gasteiger partial charge is 0.210 e. The summed E-state index contributed by atoms with van der Waals surface area (Å²) >= 11 is 0. The SMILES string of the molecule is CC1=C(C#N)C2(C)OC2(C#N)C(C)=C1C. The van der Waals surface area contributed by atoms with E-state index in [1.165, 1.54) is 0 Å². The van der Waals surface area contributed by atoms with Crippen molar-refractivity contribution in [3.05, 3.63) is 22.3 Å². The van der Waals surface area contributed by atoms with Crippen molar-refractivity contribution in [1.82, 2.24) is 0 Å². The summed E-state index contributed by atoms with van der Waals surface area (Å²) in [6, 6.07) is 4.36. The minimum atomic E-state index is -0.887. The molecule has 1 aliphatic carbocycles. The van der Waals surface area contributed by atoms with E-state index in [0.29, 0.717) is 5.57 Å². The molecule has 0 spiro atoms. The molecule has 3 heteroatoms. The molecule has 76 valence electrons. The number of fused-ring (bicyclic) bond motifs is 1. The fraction of sp³-hybridized carbons (Fsp3) is 0.500. The third kappa shape index (κ3) is 0.825. The van der Waals surface area contributed by atoms with Gasteiger partial charge < -0.3 is 4.74 Å². The van der Waals surface area contributed by atoms with Crippen LogP contribution >= 0.6 is 0 Å². The van der Waals surface area contributed by atoms with Gasteiger partial charge in [0.15, 0.2) is 0 Å². The lowest BCUT2D eigenvalue weighted by molar-refractivity contribution is 0.328. The second-order valence-electron chi connectivity index (χ2n) is 4.29. The Morgan fingerprint density at radius 1 is 1.13 bits per heavy atom. The van der Waals surface area contributed by atoms with Gasteiger partial charge in [0.05, 0.1) is 11.6 Å². The Morgan fingerprint density at radius 2 is 1.73 bits per heavy atom. The number of allylic oxidation sites excluding steroid dienone is 2. The van der Waals surface area contributed by atoms with E-state index in [0.717, 1.165) is 16.7 Å². The number of nitriles is 2. The van der Waals surface area contributed by atoms with E-state index in [-0.39, 0.29) is 0 Å². The lowest BCUT2D eigenvalue weighted by Crippen LogP contribution is -2.29. The quantitative estimate of drug-likeness (QED) is 0.563. The molecule has 0 N–H and O–H groups in total. The Hall–Kier alpha value is -1.58. The van der Waals surface area contributed by atoms with Crippen LogP contribution in [-0.2, 0) is 4.74 Å². The zero-order valence-electron chi connectivity index (χ0n) is 9.30. The maximum Gasteiger partial charge on any atom is 0.210 e. The molecular formula is C12H12N2O. The molecule has 0 amide bonds. The Bertz CT molecular complexity index is 501. The molecule has 0 aromatic heterocycles. The van der Waals surface area contributed by atoms with Gasteiger partial charge in [-0.2, -0.15) is 10.5 Å². The molecule has 0 aromatic rings. The average Bonchev–Trinajstić information content (AvgIpc) is 2.84. The molecule has 1 heterocycles. The highest BCUT2D eigenvalue weighted by Crippen LogP contribution is 2.60. The van der Waals surface area contributed by atoms with Crippen molar-refractivity contribution >= 4 is 0 Å². The summed E-state index contributed by atoms with van der Waals surface area (Å²) in [5.41, 5.74) is 1.87. The fourth-order valence-corrected chi connectivity index (χ4v) is 2.44. The first kappa shape index (κ1) is 9.96. The van der Waals surface area contributed by atoms with Gasteiger partial charge >= 0.3 is 0 Å². The fourth-order valence-electron chi connectivity index (χ4n) is 2.44. The summed E-state index contributed by atoms with van der Waals surface area (Å²) in [4.78, 5) is 0. The van der Waals surface area contributed by atoms with Crippen LogP contribution in [0, 0.1) is 22.7 Å². The van der Waals surface area contributed by atoms with Crippen LogP contribution < -0.4 is 0 Å². The molecular weight excluding hydrogens is 188 g/mol. The van der Waals surface area contributed by atoms with Crippen molar-refractivity contribution in [2.45, 2.75) is 38.9 Å². The molecule has 1 aliphatic heterocycles. The first-order valence-corrected chi connectivity index (χ1v) is 4.86. The van der Waals surface area contributed by atoms with Crippen molar-refractivity contribution in [3.8, 4) is 12.1 Å². The summed E-state index contributed by atoms with van der Waals surface area (Å²) in [5, 5.41) is 18.3. The molecule has 15 heavy (non-hydrogen) atoms. The number of ether oxygens (including phenoxy) is 1. The largest absolute Gasteiger partial charge is 0.337 e. The summed E-state index contributed by atoms with van der Waals surface area (Å²) < 4.78 is 5.56. The highest BCUT2D eigenvalue weighted by atomic mass is 16.6. The summed E-state index contributed by atoms with van der Waals surface area (Å²) in [6.07, 6.45) is 0. The molecule has 2 rings (SSSR count). The van der Waals surface area contributed by atoms with E-state index in [1.807, 2.05) is 27.7 Å². The highest BCUT2D eigenvalue weighted by Gasteiger charge is 2.73. The number of rotatable bonds is 0. The first-order chi connectivity index (χ1) is 6.94. The average molecular weight is 200 g/mol. The van der Waals surface area contributed by atoms with Crippen LogP contribution in [-0.4, -0.2) is 11.2 Å². The van der Waals surface area contributed by atoms with Gasteiger partial charge in [-0.1, -0.05) is 0 Å². The minimum Gasteiger partial charge on any atom is -0.337 e. The van der Waals surface area contributed by atoms with E-state index in [2.05, 4.69) is 12.1 Å². The summed E-state index contributed by atoms with van der Waals surface area (Å²) in [7, 11) is 0. The molecule has 1 saturated heterocycles. The Morgan fingerprint density at radius 3 is 2.20 bits per heavy atom. The van der Waals surface area contributed by atoms with Gasteiger partial charge in [0, 0.05) is 0 Å². The van der Waals surface area contributed by atoms with Crippen LogP contribution in [0.25, 0.3) is 0 Å². The summed E-state index contributed by atoms with van der Waals surface area (Å²) in [6.45, 7) is 7.56. The van der Waals surface area contributed by atoms with Gasteiger partial charge in [0.25, 0.3) is 0 Å². The van der Waals surface area contributed by atoms with Gasteiger partial charge in [-0.15, -0.1) is 0 Å². The molecule has 2 unspecified atom stereocenters. The molecule has 1 fully saturated rings. The van der Waals surface area contributed by atoms with E-state index in [9.17, 15) is 5.26 Å². The predicted molar refractivity (Wildman–Crippen MR) is 54.5 cm³/mol. The monoisotopic (exact) mass is 200 g/mol. The second kappa shape index (κ2) is 2.51. The van der Waals surface area contributed by atoms with Crippen molar-refractivity contribution in [2.24, 2.45) is 0 Å². The Balaban J connectivity index is 2.73. The van der Waals surface area contributed by atoms with Gasteiger partial charge in [0.2, 0.25) is 5.60 Å². The molecule has 0 bridgehead atoms. The zero-order valence-corrected chi connectivity index (χ0v) is 9.30. The highest BCUT2D eigenvalue weighted by molar-refractivity contribution is 5.63. The normalized spacial score (nSPS) is 38.3. The van der Waals surface area contributed by atoms with E-state index < -0.39 is 11.2 Å². The van der Waals surface area contributed by atoms with Crippen molar-refractivity contribution in [1.29, 1.82) is 10.5 Å². The standard InChI is InChI=1S/C12H12N2O/c1-7-8(2)10(5-13)11(4)12(6-14,15-11)9(7)3/h1-4H3. The van der Waals surface area contributed by atoms with Crippen molar-refractivity contribution in [3.63, 3.8) is 0 Å². The van der Waals surface area contributed by atoms with Crippen LogP contribution in [0.5, 0.6) is 0 Å². The molecule has 3 nitrogen and oxygen atoms in total. The predicted octanol–water partition coefficient (Wildman–Crippen LogP) is 2.23. The number of nitrogens with zero attached hydrogens (tertiary/aromatic N) is 2. The number of epoxide rings is 1. The van der Waals surface area contributed by atoms with Crippen molar-refractivity contribution < 1.29 is 4.74 Å². The van der Waals surface area contributed by atoms with Crippen LogP contribution in [0.2, 0.25) is 0 Å². The van der Waals surface area contributed by atoms with Gasteiger partial charge in [-0.05, 0) is 44.4 Å². The third-order valence-corrected chi connectivity index (χ3v) is 3.76. The Labute approximate surface area is 89.3 Å². The maximum atomic E-state index is 9.20. The van der Waals surface area contributed by atoms with Crippen LogP contribution in [0.4, 0.5) is 0 Å². The van der Waals surface area contributed by atoms with Crippen molar-refractivity contribution in [2.75, 3.05) is 0 Å². The summed E-state index contributed by atoms with van der Waals surface area (Å²) in [5.74, 6) is 0. The molecule has 2 atom stereocenters. The number of hydrogen-bond donors (Lipinski definition) is 0. The number of hydrogen-bond acceptors (Lipinski definition) is 3. The second-order valence-corrected chi connectivity index (χ2v) is 4.29. The topological polar surface area (TPSA) is 60.1 Å². The van der Waals surface area contributed by atoms with E-state index in [4.69, 9.17) is 10.00 Å². The van der Waals surface area contributed by atoms with Gasteiger partial charge in [-0.3, -0.25) is 0 Å². The van der Waals surface area contributed by atoms with E-state index >= 15 is 0 Å². The van der Waals surface area contributed by atoms with Gasteiger partial charge in [0.1, 0.15) is 11.7 Å². The minimum absolute atomic E-state index is 0.590. The molecule has 0 radical (unpaired) electrons.